The maximum Gasteiger partial charge on any atom is 0.127 e. The van der Waals surface area contributed by atoms with E-state index in [2.05, 4.69) is 22.3 Å². The van der Waals surface area contributed by atoms with Gasteiger partial charge >= 0.3 is 0 Å². The molecule has 0 aliphatic carbocycles. The highest BCUT2D eigenvalue weighted by Crippen LogP contribution is 2.25. The molecule has 0 atom stereocenters. The molecule has 0 radical (unpaired) electrons. The van der Waals surface area contributed by atoms with Crippen molar-refractivity contribution >= 4 is 21.6 Å². The molecule has 2 aromatic rings. The van der Waals surface area contributed by atoms with Gasteiger partial charge in [0.05, 0.1) is 0 Å². The zero-order valence-electron chi connectivity index (χ0n) is 7.38. The van der Waals surface area contributed by atoms with Gasteiger partial charge < -0.3 is 0 Å². The quantitative estimate of drug-likeness (QED) is 0.619. The molecule has 0 amide bonds. The SMILES string of the molecule is Cc1nc(C)c2c(C)csc2n1. The molecule has 0 bridgehead atoms. The smallest absolute Gasteiger partial charge is 0.127 e. The molecule has 2 nitrogen and oxygen atoms in total. The van der Waals surface area contributed by atoms with Crippen LogP contribution in [-0.4, -0.2) is 9.97 Å². The zero-order chi connectivity index (χ0) is 8.72. The Hall–Kier alpha value is -0.960. The molecule has 0 aliphatic heterocycles. The second-order valence-corrected chi connectivity index (χ2v) is 3.81. The Morgan fingerprint density at radius 2 is 1.92 bits per heavy atom. The number of fused-ring (bicyclic) bond motifs is 1. The monoisotopic (exact) mass is 178 g/mol. The van der Waals surface area contributed by atoms with Crippen LogP contribution in [0.25, 0.3) is 10.2 Å². The molecule has 0 saturated carbocycles. The van der Waals surface area contributed by atoms with Gasteiger partial charge in [0.2, 0.25) is 0 Å². The minimum absolute atomic E-state index is 0.863. The molecule has 0 aromatic carbocycles. The molecule has 62 valence electrons. The first-order valence-corrected chi connectivity index (χ1v) is 4.75. The number of nitrogens with zero attached hydrogens (tertiary/aromatic N) is 2. The zero-order valence-corrected chi connectivity index (χ0v) is 8.20. The summed E-state index contributed by atoms with van der Waals surface area (Å²) in [7, 11) is 0. The van der Waals surface area contributed by atoms with Crippen molar-refractivity contribution in [2.75, 3.05) is 0 Å². The molecule has 2 heterocycles. The van der Waals surface area contributed by atoms with Crippen LogP contribution in [0.5, 0.6) is 0 Å². The average Bonchev–Trinajstić information content (AvgIpc) is 2.31. The summed E-state index contributed by atoms with van der Waals surface area (Å²) in [5.41, 5.74) is 2.38. The van der Waals surface area contributed by atoms with Crippen molar-refractivity contribution in [1.82, 2.24) is 9.97 Å². The van der Waals surface area contributed by atoms with Crippen LogP contribution in [0.4, 0.5) is 0 Å². The van der Waals surface area contributed by atoms with Crippen molar-refractivity contribution in [2.24, 2.45) is 0 Å². The molecule has 0 aliphatic rings. The molecule has 0 saturated heterocycles. The summed E-state index contributed by atoms with van der Waals surface area (Å²) in [6.07, 6.45) is 0. The summed E-state index contributed by atoms with van der Waals surface area (Å²) in [4.78, 5) is 9.80. The van der Waals surface area contributed by atoms with Crippen molar-refractivity contribution < 1.29 is 0 Å². The van der Waals surface area contributed by atoms with E-state index in [9.17, 15) is 0 Å². The van der Waals surface area contributed by atoms with E-state index in [1.807, 2.05) is 13.8 Å². The number of rotatable bonds is 0. The normalized spacial score (nSPS) is 10.9. The van der Waals surface area contributed by atoms with Gasteiger partial charge in [0.1, 0.15) is 10.7 Å². The highest BCUT2D eigenvalue weighted by molar-refractivity contribution is 7.16. The lowest BCUT2D eigenvalue weighted by atomic mass is 10.2. The van der Waals surface area contributed by atoms with Gasteiger partial charge in [-0.05, 0) is 31.7 Å². The Kier molecular flexibility index (Phi) is 1.61. The summed E-state index contributed by atoms with van der Waals surface area (Å²) in [5.74, 6) is 0.863. The van der Waals surface area contributed by atoms with E-state index in [4.69, 9.17) is 0 Å². The van der Waals surface area contributed by atoms with Crippen molar-refractivity contribution in [1.29, 1.82) is 0 Å². The van der Waals surface area contributed by atoms with Crippen molar-refractivity contribution in [3.05, 3.63) is 22.5 Å². The Balaban J connectivity index is 2.93. The largest absolute Gasteiger partial charge is 0.238 e. The van der Waals surface area contributed by atoms with E-state index >= 15 is 0 Å². The van der Waals surface area contributed by atoms with E-state index in [-0.39, 0.29) is 0 Å². The summed E-state index contributed by atoms with van der Waals surface area (Å²) < 4.78 is 0. The van der Waals surface area contributed by atoms with Crippen LogP contribution < -0.4 is 0 Å². The fourth-order valence-corrected chi connectivity index (χ4v) is 2.44. The number of hydrogen-bond acceptors (Lipinski definition) is 3. The summed E-state index contributed by atoms with van der Waals surface area (Å²) in [5, 5.41) is 3.36. The molecule has 2 aromatic heterocycles. The minimum atomic E-state index is 0.863. The predicted octanol–water partition coefficient (Wildman–Crippen LogP) is 2.62. The lowest BCUT2D eigenvalue weighted by Gasteiger charge is -1.97. The third-order valence-corrected chi connectivity index (χ3v) is 2.90. The Bertz CT molecular complexity index is 431. The first kappa shape index (κ1) is 7.68. The molecule has 0 spiro atoms. The second-order valence-electron chi connectivity index (χ2n) is 2.96. The highest BCUT2D eigenvalue weighted by atomic mass is 32.1. The molecular weight excluding hydrogens is 168 g/mol. The number of hydrogen-bond donors (Lipinski definition) is 0. The summed E-state index contributed by atoms with van der Waals surface area (Å²) in [6, 6.07) is 0. The van der Waals surface area contributed by atoms with Crippen molar-refractivity contribution in [3.8, 4) is 0 Å². The number of thiophene rings is 1. The topological polar surface area (TPSA) is 25.8 Å². The number of aryl methyl sites for hydroxylation is 3. The predicted molar refractivity (Wildman–Crippen MR) is 51.6 cm³/mol. The lowest BCUT2D eigenvalue weighted by Crippen LogP contribution is -1.90. The Morgan fingerprint density at radius 3 is 2.67 bits per heavy atom. The molecule has 0 N–H and O–H groups in total. The van der Waals surface area contributed by atoms with Crippen LogP contribution in [0.15, 0.2) is 5.38 Å². The van der Waals surface area contributed by atoms with Crippen LogP contribution >= 0.6 is 11.3 Å². The minimum Gasteiger partial charge on any atom is -0.238 e. The van der Waals surface area contributed by atoms with Gasteiger partial charge in [-0.25, -0.2) is 9.97 Å². The van der Waals surface area contributed by atoms with Gasteiger partial charge in [-0.1, -0.05) is 0 Å². The van der Waals surface area contributed by atoms with Crippen LogP contribution in [0.1, 0.15) is 17.1 Å². The van der Waals surface area contributed by atoms with Crippen molar-refractivity contribution in [2.45, 2.75) is 20.8 Å². The molecule has 0 unspecified atom stereocenters. The standard InChI is InChI=1S/C9H10N2S/c1-5-4-12-9-8(5)6(2)10-7(3)11-9/h4H,1-3H3. The van der Waals surface area contributed by atoms with Gasteiger partial charge in [0.25, 0.3) is 0 Å². The van der Waals surface area contributed by atoms with Crippen LogP contribution in [0.2, 0.25) is 0 Å². The third-order valence-electron chi connectivity index (χ3n) is 1.91. The van der Waals surface area contributed by atoms with Gasteiger partial charge in [-0.15, -0.1) is 11.3 Å². The van der Waals surface area contributed by atoms with Gasteiger partial charge in [-0.2, -0.15) is 0 Å². The van der Waals surface area contributed by atoms with Crippen LogP contribution in [0, 0.1) is 20.8 Å². The maximum absolute atomic E-state index is 4.36. The molecule has 12 heavy (non-hydrogen) atoms. The van der Waals surface area contributed by atoms with Gasteiger partial charge in [0, 0.05) is 11.1 Å². The van der Waals surface area contributed by atoms with E-state index in [0.29, 0.717) is 0 Å². The molecular formula is C9H10N2S. The maximum atomic E-state index is 4.36. The third kappa shape index (κ3) is 1.01. The van der Waals surface area contributed by atoms with E-state index in [0.717, 1.165) is 16.3 Å². The van der Waals surface area contributed by atoms with E-state index in [1.165, 1.54) is 10.9 Å². The molecule has 3 heteroatoms. The lowest BCUT2D eigenvalue weighted by molar-refractivity contribution is 1.05. The molecule has 0 fully saturated rings. The fraction of sp³-hybridized carbons (Fsp3) is 0.333. The molecule has 2 rings (SSSR count). The van der Waals surface area contributed by atoms with Crippen molar-refractivity contribution in [3.63, 3.8) is 0 Å². The highest BCUT2D eigenvalue weighted by Gasteiger charge is 2.05. The van der Waals surface area contributed by atoms with Gasteiger partial charge in [-0.3, -0.25) is 0 Å². The van der Waals surface area contributed by atoms with Crippen LogP contribution in [0.3, 0.4) is 0 Å². The first-order valence-electron chi connectivity index (χ1n) is 3.87. The summed E-state index contributed by atoms with van der Waals surface area (Å²) >= 11 is 1.69. The van der Waals surface area contributed by atoms with Gasteiger partial charge in [0.15, 0.2) is 0 Å². The van der Waals surface area contributed by atoms with E-state index in [1.54, 1.807) is 11.3 Å². The van der Waals surface area contributed by atoms with E-state index < -0.39 is 0 Å². The Morgan fingerprint density at radius 1 is 1.17 bits per heavy atom. The van der Waals surface area contributed by atoms with Crippen LogP contribution in [-0.2, 0) is 0 Å². The average molecular weight is 178 g/mol. The Labute approximate surface area is 75.3 Å². The first-order chi connectivity index (χ1) is 5.68. The second kappa shape index (κ2) is 2.52. The summed E-state index contributed by atoms with van der Waals surface area (Å²) in [6.45, 7) is 6.07. The fourth-order valence-electron chi connectivity index (χ4n) is 1.42. The number of aromatic nitrogens is 2.